The fourth-order valence-corrected chi connectivity index (χ4v) is 5.40. The van der Waals surface area contributed by atoms with E-state index in [1.165, 1.54) is 16.6 Å². The average molecular weight is 507 g/mol. The minimum atomic E-state index is -3.11. The van der Waals surface area contributed by atoms with Gasteiger partial charge in [0.2, 0.25) is 5.65 Å². The van der Waals surface area contributed by atoms with Gasteiger partial charge in [-0.25, -0.2) is 31.6 Å². The number of alkyl halides is 2. The van der Waals surface area contributed by atoms with Crippen LogP contribution in [0.3, 0.4) is 0 Å². The van der Waals surface area contributed by atoms with Gasteiger partial charge in [0.05, 0.1) is 34.2 Å². The molecular formula is C21H21F3N8O2S. The van der Waals surface area contributed by atoms with E-state index in [9.17, 15) is 21.6 Å². The van der Waals surface area contributed by atoms with Crippen LogP contribution >= 0.6 is 0 Å². The third kappa shape index (κ3) is 4.22. The van der Waals surface area contributed by atoms with Crippen LogP contribution in [0.1, 0.15) is 36.3 Å². The van der Waals surface area contributed by atoms with Crippen molar-refractivity contribution in [2.75, 3.05) is 34.8 Å². The second-order valence-electron chi connectivity index (χ2n) is 8.36. The average Bonchev–Trinajstić information content (AvgIpc) is 3.29. The van der Waals surface area contributed by atoms with E-state index in [0.717, 1.165) is 6.07 Å². The first-order valence-corrected chi connectivity index (χ1v) is 12.6. The van der Waals surface area contributed by atoms with Crippen molar-refractivity contribution in [1.82, 2.24) is 30.0 Å². The van der Waals surface area contributed by atoms with Crippen molar-refractivity contribution in [2.45, 2.75) is 26.3 Å². The van der Waals surface area contributed by atoms with Gasteiger partial charge in [-0.15, -0.1) is 5.10 Å². The molecule has 0 bridgehead atoms. The summed E-state index contributed by atoms with van der Waals surface area (Å²) < 4.78 is 66.4. The molecular weight excluding hydrogens is 485 g/mol. The maximum Gasteiger partial charge on any atom is 0.266 e. The Balaban J connectivity index is 1.61. The molecule has 35 heavy (non-hydrogen) atoms. The second-order valence-corrected chi connectivity index (χ2v) is 10.7. The molecule has 1 atom stereocenters. The first kappa shape index (κ1) is 23.2. The Labute approximate surface area is 198 Å². The van der Waals surface area contributed by atoms with Crippen LogP contribution in [0, 0.1) is 12.7 Å². The predicted molar refractivity (Wildman–Crippen MR) is 123 cm³/mol. The molecule has 1 saturated heterocycles. The lowest BCUT2D eigenvalue weighted by Gasteiger charge is -2.29. The van der Waals surface area contributed by atoms with Crippen molar-refractivity contribution < 1.29 is 21.6 Å². The third-order valence-corrected chi connectivity index (χ3v) is 7.63. The second kappa shape index (κ2) is 8.59. The predicted octanol–water partition coefficient (Wildman–Crippen LogP) is 2.86. The van der Waals surface area contributed by atoms with Gasteiger partial charge in [-0.2, -0.15) is 4.52 Å². The van der Waals surface area contributed by atoms with Crippen molar-refractivity contribution in [3.8, 4) is 0 Å². The van der Waals surface area contributed by atoms with Crippen molar-refractivity contribution in [1.29, 1.82) is 0 Å². The summed E-state index contributed by atoms with van der Waals surface area (Å²) in [7, 11) is -3.11. The zero-order chi connectivity index (χ0) is 24.9. The lowest BCUT2D eigenvalue weighted by atomic mass is 10.0. The van der Waals surface area contributed by atoms with Crippen molar-refractivity contribution in [3.05, 3.63) is 47.0 Å². The minimum absolute atomic E-state index is 0.00502. The smallest absolute Gasteiger partial charge is 0.266 e. The molecule has 10 nitrogen and oxygen atoms in total. The zero-order valence-corrected chi connectivity index (χ0v) is 19.6. The third-order valence-electron chi connectivity index (χ3n) is 6.02. The van der Waals surface area contributed by atoms with Crippen LogP contribution in [0.2, 0.25) is 0 Å². The van der Waals surface area contributed by atoms with Gasteiger partial charge in [0, 0.05) is 18.7 Å². The zero-order valence-electron chi connectivity index (χ0n) is 18.8. The summed E-state index contributed by atoms with van der Waals surface area (Å²) in [5.41, 5.74) is 0.799. The number of sulfone groups is 1. The van der Waals surface area contributed by atoms with Gasteiger partial charge in [0.15, 0.2) is 15.5 Å². The first-order chi connectivity index (χ1) is 16.6. The van der Waals surface area contributed by atoms with E-state index in [-0.39, 0.29) is 30.2 Å². The van der Waals surface area contributed by atoms with E-state index in [1.54, 1.807) is 19.9 Å². The number of nitrogens with one attached hydrogen (secondary N) is 1. The Kier molecular flexibility index (Phi) is 5.69. The van der Waals surface area contributed by atoms with Crippen LogP contribution in [0.4, 0.5) is 24.7 Å². The van der Waals surface area contributed by atoms with Crippen LogP contribution in [0.5, 0.6) is 0 Å². The summed E-state index contributed by atoms with van der Waals surface area (Å²) in [5, 5.41) is 15.5. The fourth-order valence-electron chi connectivity index (χ4n) is 4.20. The maximum absolute atomic E-state index is 14.8. The van der Waals surface area contributed by atoms with Crippen molar-refractivity contribution >= 4 is 38.0 Å². The van der Waals surface area contributed by atoms with Gasteiger partial charge in [0.1, 0.15) is 17.5 Å². The molecule has 0 unspecified atom stereocenters. The van der Waals surface area contributed by atoms with E-state index in [2.05, 4.69) is 30.8 Å². The summed E-state index contributed by atoms with van der Waals surface area (Å²) in [5.74, 6) is -0.237. The Morgan fingerprint density at radius 3 is 2.51 bits per heavy atom. The molecule has 0 radical (unpaired) electrons. The highest BCUT2D eigenvalue weighted by Gasteiger charge is 2.26. The summed E-state index contributed by atoms with van der Waals surface area (Å²) in [6.45, 7) is 3.86. The molecule has 1 aromatic carbocycles. The molecule has 184 valence electrons. The molecule has 4 heterocycles. The van der Waals surface area contributed by atoms with Gasteiger partial charge in [0.25, 0.3) is 6.43 Å². The molecule has 1 fully saturated rings. The topological polar surface area (TPSA) is 118 Å². The van der Waals surface area contributed by atoms with Crippen LogP contribution in [-0.2, 0) is 9.84 Å². The minimum Gasteiger partial charge on any atom is -0.366 e. The molecule has 1 aliphatic heterocycles. The van der Waals surface area contributed by atoms with Gasteiger partial charge < -0.3 is 10.2 Å². The Morgan fingerprint density at radius 1 is 1.09 bits per heavy atom. The number of aryl methyl sites for hydroxylation is 1. The van der Waals surface area contributed by atoms with Crippen LogP contribution < -0.4 is 10.2 Å². The molecule has 3 aromatic heterocycles. The number of nitrogens with zero attached hydrogens (tertiary/aromatic N) is 7. The van der Waals surface area contributed by atoms with Crippen molar-refractivity contribution in [2.24, 2.45) is 0 Å². The van der Waals surface area contributed by atoms with Gasteiger partial charge in [-0.05, 0) is 30.3 Å². The Morgan fingerprint density at radius 2 is 1.80 bits per heavy atom. The number of pyridine rings is 1. The highest BCUT2D eigenvalue weighted by Crippen LogP contribution is 2.33. The van der Waals surface area contributed by atoms with Gasteiger partial charge >= 0.3 is 0 Å². The molecule has 5 rings (SSSR count). The maximum atomic E-state index is 14.8. The molecule has 0 saturated carbocycles. The number of halogens is 3. The summed E-state index contributed by atoms with van der Waals surface area (Å²) in [4.78, 5) is 10.8. The Hall–Kier alpha value is -3.55. The molecule has 1 aliphatic rings. The molecule has 4 aromatic rings. The van der Waals surface area contributed by atoms with Crippen LogP contribution in [0.25, 0.3) is 16.7 Å². The highest BCUT2D eigenvalue weighted by molar-refractivity contribution is 7.91. The quantitative estimate of drug-likeness (QED) is 0.436. The normalized spacial score (nSPS) is 16.8. The number of hydrogen-bond acceptors (Lipinski definition) is 9. The molecule has 0 aliphatic carbocycles. The van der Waals surface area contributed by atoms with Gasteiger partial charge in [-0.1, -0.05) is 18.2 Å². The number of fused-ring (bicyclic) bond motifs is 3. The number of anilines is 2. The monoisotopic (exact) mass is 506 g/mol. The number of tetrazole rings is 1. The summed E-state index contributed by atoms with van der Waals surface area (Å²) >= 11 is 0. The number of benzene rings is 1. The van der Waals surface area contributed by atoms with E-state index in [1.807, 2.05) is 4.90 Å². The Bertz CT molecular complexity index is 1530. The first-order valence-electron chi connectivity index (χ1n) is 10.8. The van der Waals surface area contributed by atoms with E-state index >= 15 is 0 Å². The van der Waals surface area contributed by atoms with E-state index in [4.69, 9.17) is 0 Å². The standard InChI is InChI=1S/C21H21F3N8O2S/c1-11(13-4-3-5-14(17(13)22)18(23)24)25-19-15-10-16(31-6-8-35(33,34)9-7-31)21-28-29-30-32(21)20(15)27-12(2)26-19/h3-5,10-11,18H,6-9H2,1-2H3,(H,25,26,27)/t11-/m1/s1. The van der Waals surface area contributed by atoms with E-state index in [0.29, 0.717) is 34.0 Å². The molecule has 0 spiro atoms. The SMILES string of the molecule is Cc1nc(N[C@H](C)c2cccc(C(F)F)c2F)c2cc(N3CCS(=O)(=O)CC3)c3nnnn3c2n1. The summed E-state index contributed by atoms with van der Waals surface area (Å²) in [6, 6.07) is 4.93. The molecule has 0 amide bonds. The largest absolute Gasteiger partial charge is 0.366 e. The number of rotatable bonds is 5. The van der Waals surface area contributed by atoms with Crippen LogP contribution in [0.15, 0.2) is 24.3 Å². The lowest BCUT2D eigenvalue weighted by molar-refractivity contribution is 0.146. The fraction of sp³-hybridized carbons (Fsp3) is 0.381. The number of hydrogen-bond donors (Lipinski definition) is 1. The molecule has 14 heteroatoms. The highest BCUT2D eigenvalue weighted by atomic mass is 32.2. The van der Waals surface area contributed by atoms with Crippen LogP contribution in [-0.4, -0.2) is 63.0 Å². The lowest BCUT2D eigenvalue weighted by Crippen LogP contribution is -2.40. The summed E-state index contributed by atoms with van der Waals surface area (Å²) in [6.07, 6.45) is -2.94. The molecule has 1 N–H and O–H groups in total. The van der Waals surface area contributed by atoms with E-state index < -0.39 is 33.7 Å². The van der Waals surface area contributed by atoms with Gasteiger partial charge in [-0.3, -0.25) is 0 Å². The van der Waals surface area contributed by atoms with Crippen molar-refractivity contribution in [3.63, 3.8) is 0 Å². The number of aromatic nitrogens is 6.